The molecule has 1 aromatic carbocycles. The van der Waals surface area contributed by atoms with Gasteiger partial charge in [-0.25, -0.2) is 4.79 Å². The summed E-state index contributed by atoms with van der Waals surface area (Å²) >= 11 is 11.9. The average molecular weight is 345 g/mol. The second-order valence-electron chi connectivity index (χ2n) is 4.82. The zero-order valence-electron chi connectivity index (χ0n) is 11.7. The molecule has 2 atom stereocenters. The van der Waals surface area contributed by atoms with Gasteiger partial charge in [0, 0.05) is 6.42 Å². The van der Waals surface area contributed by atoms with Crippen LogP contribution in [-0.2, 0) is 19.1 Å². The average Bonchev–Trinajstić information content (AvgIpc) is 2.89. The van der Waals surface area contributed by atoms with E-state index in [-0.39, 0.29) is 28.1 Å². The van der Waals surface area contributed by atoms with Gasteiger partial charge in [-0.15, -0.1) is 0 Å². The van der Waals surface area contributed by atoms with Gasteiger partial charge < -0.3 is 15.4 Å². The van der Waals surface area contributed by atoms with E-state index in [9.17, 15) is 14.4 Å². The van der Waals surface area contributed by atoms with E-state index in [1.807, 2.05) is 0 Å². The van der Waals surface area contributed by atoms with Crippen LogP contribution in [0.3, 0.4) is 0 Å². The van der Waals surface area contributed by atoms with E-state index in [1.54, 1.807) is 18.2 Å². The van der Waals surface area contributed by atoms with Gasteiger partial charge in [-0.1, -0.05) is 29.3 Å². The molecule has 6 nitrogen and oxygen atoms in total. The first-order chi connectivity index (χ1) is 10.4. The standard InChI is InChI=1S/C14H14Cl2N2O4/c1-7(22-14(21)10-5-6-11(19)17-10)13(20)18-12-8(15)3-2-4-9(12)16/h2-4,7,10H,5-6H2,1H3,(H,17,19)(H,18,20)/t7-,10-/m0/s1. The minimum Gasteiger partial charge on any atom is -0.451 e. The summed E-state index contributed by atoms with van der Waals surface area (Å²) in [4.78, 5) is 34.9. The molecule has 2 rings (SSSR count). The van der Waals surface area contributed by atoms with Crippen molar-refractivity contribution in [2.24, 2.45) is 0 Å². The highest BCUT2D eigenvalue weighted by Crippen LogP contribution is 2.29. The smallest absolute Gasteiger partial charge is 0.329 e. The number of hydrogen-bond donors (Lipinski definition) is 2. The lowest BCUT2D eigenvalue weighted by Crippen LogP contribution is -2.39. The fourth-order valence-electron chi connectivity index (χ4n) is 1.94. The lowest BCUT2D eigenvalue weighted by atomic mass is 10.2. The molecule has 2 amide bonds. The minimum atomic E-state index is -1.04. The van der Waals surface area contributed by atoms with Crippen LogP contribution >= 0.6 is 23.2 Å². The predicted molar refractivity (Wildman–Crippen MR) is 81.8 cm³/mol. The second kappa shape index (κ2) is 6.98. The molecule has 0 aliphatic carbocycles. The van der Waals surface area contributed by atoms with Crippen molar-refractivity contribution in [1.29, 1.82) is 0 Å². The number of para-hydroxylation sites is 1. The van der Waals surface area contributed by atoms with Crippen LogP contribution in [-0.4, -0.2) is 29.9 Å². The molecule has 8 heteroatoms. The Morgan fingerprint density at radius 1 is 1.36 bits per heavy atom. The van der Waals surface area contributed by atoms with Crippen LogP contribution < -0.4 is 10.6 Å². The summed E-state index contributed by atoms with van der Waals surface area (Å²) in [6.45, 7) is 1.43. The zero-order valence-corrected chi connectivity index (χ0v) is 13.2. The fraction of sp³-hybridized carbons (Fsp3) is 0.357. The van der Waals surface area contributed by atoms with E-state index in [4.69, 9.17) is 27.9 Å². The van der Waals surface area contributed by atoms with Gasteiger partial charge in [0.1, 0.15) is 6.04 Å². The summed E-state index contributed by atoms with van der Waals surface area (Å²) in [7, 11) is 0. The molecule has 0 spiro atoms. The van der Waals surface area contributed by atoms with Crippen LogP contribution in [0, 0.1) is 0 Å². The number of esters is 1. The van der Waals surface area contributed by atoms with Crippen molar-refractivity contribution in [3.05, 3.63) is 28.2 Å². The molecule has 0 saturated carbocycles. The maximum atomic E-state index is 12.0. The number of nitrogens with one attached hydrogen (secondary N) is 2. The monoisotopic (exact) mass is 344 g/mol. The zero-order chi connectivity index (χ0) is 16.3. The summed E-state index contributed by atoms with van der Waals surface area (Å²) in [5.74, 6) is -1.41. The Morgan fingerprint density at radius 2 is 2.00 bits per heavy atom. The molecule has 118 valence electrons. The van der Waals surface area contributed by atoms with Crippen LogP contribution in [0.15, 0.2) is 18.2 Å². The van der Waals surface area contributed by atoms with Crippen molar-refractivity contribution in [3.8, 4) is 0 Å². The second-order valence-corrected chi connectivity index (χ2v) is 5.64. The molecule has 1 aromatic rings. The van der Waals surface area contributed by atoms with Crippen molar-refractivity contribution in [3.63, 3.8) is 0 Å². The Morgan fingerprint density at radius 3 is 2.55 bits per heavy atom. The van der Waals surface area contributed by atoms with E-state index in [2.05, 4.69) is 10.6 Å². The third-order valence-electron chi connectivity index (χ3n) is 3.15. The van der Waals surface area contributed by atoms with Crippen LogP contribution in [0.5, 0.6) is 0 Å². The van der Waals surface area contributed by atoms with E-state index in [0.717, 1.165) is 0 Å². The normalized spacial score (nSPS) is 18.5. The van der Waals surface area contributed by atoms with Gasteiger partial charge in [0.2, 0.25) is 5.91 Å². The van der Waals surface area contributed by atoms with Crippen molar-refractivity contribution in [2.75, 3.05) is 5.32 Å². The fourth-order valence-corrected chi connectivity index (χ4v) is 2.43. The molecule has 0 unspecified atom stereocenters. The van der Waals surface area contributed by atoms with Crippen LogP contribution in [0.2, 0.25) is 10.0 Å². The van der Waals surface area contributed by atoms with Crippen LogP contribution in [0.1, 0.15) is 19.8 Å². The maximum Gasteiger partial charge on any atom is 0.329 e. The molecule has 0 aromatic heterocycles. The van der Waals surface area contributed by atoms with Crippen molar-refractivity contribution in [1.82, 2.24) is 5.32 Å². The number of halogens is 2. The first-order valence-electron chi connectivity index (χ1n) is 6.63. The SMILES string of the molecule is C[C@H](OC(=O)[C@@H]1CCC(=O)N1)C(=O)Nc1c(Cl)cccc1Cl. The first-order valence-corrected chi connectivity index (χ1v) is 7.39. The van der Waals surface area contributed by atoms with Crippen molar-refractivity contribution < 1.29 is 19.1 Å². The molecule has 2 N–H and O–H groups in total. The van der Waals surface area contributed by atoms with Gasteiger partial charge in [-0.05, 0) is 25.5 Å². The molecule has 1 aliphatic heterocycles. The van der Waals surface area contributed by atoms with Gasteiger partial charge in [0.25, 0.3) is 5.91 Å². The lowest BCUT2D eigenvalue weighted by Gasteiger charge is -2.17. The van der Waals surface area contributed by atoms with Crippen LogP contribution in [0.25, 0.3) is 0 Å². The summed E-state index contributed by atoms with van der Waals surface area (Å²) in [6.07, 6.45) is -0.407. The molecular formula is C14H14Cl2N2O4. The number of carbonyl (C=O) groups is 3. The Labute approximate surface area is 137 Å². The van der Waals surface area contributed by atoms with Crippen molar-refractivity contribution >= 4 is 46.7 Å². The minimum absolute atomic E-state index is 0.207. The Kier molecular flexibility index (Phi) is 5.26. The number of benzene rings is 1. The third kappa shape index (κ3) is 3.90. The number of carbonyl (C=O) groups excluding carboxylic acids is 3. The number of hydrogen-bond acceptors (Lipinski definition) is 4. The Balaban J connectivity index is 1.95. The van der Waals surface area contributed by atoms with Crippen molar-refractivity contribution in [2.45, 2.75) is 31.9 Å². The van der Waals surface area contributed by atoms with Gasteiger partial charge in [0.15, 0.2) is 6.10 Å². The molecule has 0 radical (unpaired) electrons. The summed E-state index contributed by atoms with van der Waals surface area (Å²) in [5, 5.41) is 5.55. The molecule has 1 heterocycles. The van der Waals surface area contributed by atoms with Gasteiger partial charge >= 0.3 is 5.97 Å². The highest BCUT2D eigenvalue weighted by Gasteiger charge is 2.31. The molecule has 0 bridgehead atoms. The van der Waals surface area contributed by atoms with E-state index < -0.39 is 24.0 Å². The van der Waals surface area contributed by atoms with Gasteiger partial charge in [-0.2, -0.15) is 0 Å². The Bertz CT molecular complexity index is 601. The third-order valence-corrected chi connectivity index (χ3v) is 3.78. The highest BCUT2D eigenvalue weighted by atomic mass is 35.5. The van der Waals surface area contributed by atoms with E-state index >= 15 is 0 Å². The summed E-state index contributed by atoms with van der Waals surface area (Å²) in [6, 6.07) is 4.10. The number of ether oxygens (including phenoxy) is 1. The van der Waals surface area contributed by atoms with E-state index in [0.29, 0.717) is 6.42 Å². The van der Waals surface area contributed by atoms with Gasteiger partial charge in [-0.3, -0.25) is 9.59 Å². The summed E-state index contributed by atoms with van der Waals surface area (Å²) in [5.41, 5.74) is 0.257. The molecule has 1 aliphatic rings. The topological polar surface area (TPSA) is 84.5 Å². The quantitative estimate of drug-likeness (QED) is 0.819. The maximum absolute atomic E-state index is 12.0. The first kappa shape index (κ1) is 16.6. The molecular weight excluding hydrogens is 331 g/mol. The van der Waals surface area contributed by atoms with Gasteiger partial charge in [0.05, 0.1) is 15.7 Å². The number of anilines is 1. The van der Waals surface area contributed by atoms with Crippen LogP contribution in [0.4, 0.5) is 5.69 Å². The summed E-state index contributed by atoms with van der Waals surface area (Å²) < 4.78 is 5.04. The molecule has 1 fully saturated rings. The molecule has 1 saturated heterocycles. The predicted octanol–water partition coefficient (Wildman–Crippen LogP) is 2.14. The molecule has 22 heavy (non-hydrogen) atoms. The highest BCUT2D eigenvalue weighted by molar-refractivity contribution is 6.39. The van der Waals surface area contributed by atoms with E-state index in [1.165, 1.54) is 6.92 Å². The Hall–Kier alpha value is -1.79. The number of amides is 2. The largest absolute Gasteiger partial charge is 0.451 e. The number of rotatable bonds is 4. The lowest BCUT2D eigenvalue weighted by molar-refractivity contribution is -0.155.